The predicted molar refractivity (Wildman–Crippen MR) is 93.7 cm³/mol. The molecule has 0 saturated carbocycles. The zero-order valence-corrected chi connectivity index (χ0v) is 13.6. The molecule has 0 bridgehead atoms. The molecule has 2 rings (SSSR count). The predicted octanol–water partition coefficient (Wildman–Crippen LogP) is 4.77. The van der Waals surface area contributed by atoms with Crippen LogP contribution >= 0.6 is 0 Å². The first-order valence-electron chi connectivity index (χ1n) is 7.82. The Balaban J connectivity index is 1.97. The van der Waals surface area contributed by atoms with Gasteiger partial charge >= 0.3 is 0 Å². The lowest BCUT2D eigenvalue weighted by Crippen LogP contribution is -2.12. The molecule has 22 heavy (non-hydrogen) atoms. The molecule has 3 nitrogen and oxygen atoms in total. The lowest BCUT2D eigenvalue weighted by Gasteiger charge is -2.09. The van der Waals surface area contributed by atoms with Crippen molar-refractivity contribution in [3.8, 4) is 0 Å². The molecular weight excluding hydrogens is 272 g/mol. The minimum Gasteiger partial charge on any atom is -0.385 e. The maximum Gasteiger partial charge on any atom is 0.255 e. The molecule has 2 aromatic carbocycles. The van der Waals surface area contributed by atoms with E-state index in [1.54, 1.807) is 0 Å². The summed E-state index contributed by atoms with van der Waals surface area (Å²) in [5.41, 5.74) is 4.90. The molecule has 0 saturated heterocycles. The van der Waals surface area contributed by atoms with Crippen LogP contribution in [0.15, 0.2) is 42.5 Å². The van der Waals surface area contributed by atoms with E-state index in [-0.39, 0.29) is 5.91 Å². The molecule has 2 aromatic rings. The van der Waals surface area contributed by atoms with Gasteiger partial charge in [-0.1, -0.05) is 19.4 Å². The zero-order valence-electron chi connectivity index (χ0n) is 13.6. The molecule has 3 heteroatoms. The van der Waals surface area contributed by atoms with Gasteiger partial charge in [0.25, 0.3) is 5.91 Å². The largest absolute Gasteiger partial charge is 0.385 e. The van der Waals surface area contributed by atoms with Crippen LogP contribution in [0.3, 0.4) is 0 Å². The highest BCUT2D eigenvalue weighted by Gasteiger charge is 2.07. The van der Waals surface area contributed by atoms with Gasteiger partial charge in [0.2, 0.25) is 0 Å². The topological polar surface area (TPSA) is 41.1 Å². The number of carbonyl (C=O) groups is 1. The van der Waals surface area contributed by atoms with E-state index >= 15 is 0 Å². The van der Waals surface area contributed by atoms with E-state index in [4.69, 9.17) is 0 Å². The van der Waals surface area contributed by atoms with E-state index in [0.717, 1.165) is 29.9 Å². The molecule has 0 heterocycles. The summed E-state index contributed by atoms with van der Waals surface area (Å²) in [5.74, 6) is -0.0743. The van der Waals surface area contributed by atoms with Crippen molar-refractivity contribution in [2.75, 3.05) is 17.2 Å². The second-order valence-corrected chi connectivity index (χ2v) is 5.61. The van der Waals surface area contributed by atoms with Crippen molar-refractivity contribution < 1.29 is 4.79 Å². The van der Waals surface area contributed by atoms with E-state index in [2.05, 4.69) is 17.6 Å². The fraction of sp³-hybridized carbons (Fsp3) is 0.316. The first kappa shape index (κ1) is 16.1. The molecule has 1 amide bonds. The molecule has 0 fully saturated rings. The van der Waals surface area contributed by atoms with E-state index in [1.165, 1.54) is 12.0 Å². The molecule has 0 unspecified atom stereocenters. The van der Waals surface area contributed by atoms with Crippen molar-refractivity contribution >= 4 is 17.3 Å². The Bertz CT molecular complexity index is 632. The van der Waals surface area contributed by atoms with E-state index in [1.807, 2.05) is 56.3 Å². The summed E-state index contributed by atoms with van der Waals surface area (Å²) >= 11 is 0. The second kappa shape index (κ2) is 7.64. The minimum atomic E-state index is -0.0743. The SMILES string of the molecule is CCCCNc1ccc(NC(=O)c2ccc(C)c(C)c2)cc1. The Morgan fingerprint density at radius 1 is 0.955 bits per heavy atom. The summed E-state index contributed by atoms with van der Waals surface area (Å²) in [6.07, 6.45) is 2.34. The first-order chi connectivity index (χ1) is 10.6. The fourth-order valence-electron chi connectivity index (χ4n) is 2.17. The lowest BCUT2D eigenvalue weighted by atomic mass is 10.1. The lowest BCUT2D eigenvalue weighted by molar-refractivity contribution is 0.102. The number of benzene rings is 2. The Labute approximate surface area is 132 Å². The van der Waals surface area contributed by atoms with E-state index in [9.17, 15) is 4.79 Å². The molecule has 2 N–H and O–H groups in total. The number of unbranched alkanes of at least 4 members (excludes halogenated alkanes) is 1. The van der Waals surface area contributed by atoms with Gasteiger partial charge < -0.3 is 10.6 Å². The van der Waals surface area contributed by atoms with Gasteiger partial charge in [-0.3, -0.25) is 4.79 Å². The standard InChI is InChI=1S/C19H24N2O/c1-4-5-12-20-17-8-10-18(11-9-17)21-19(22)16-7-6-14(2)15(3)13-16/h6-11,13,20H,4-5,12H2,1-3H3,(H,21,22). The quantitative estimate of drug-likeness (QED) is 0.754. The van der Waals surface area contributed by atoms with Crippen molar-refractivity contribution in [1.82, 2.24) is 0 Å². The van der Waals surface area contributed by atoms with Crippen molar-refractivity contribution in [3.63, 3.8) is 0 Å². The monoisotopic (exact) mass is 296 g/mol. The molecule has 0 aliphatic carbocycles. The third-order valence-corrected chi connectivity index (χ3v) is 3.77. The summed E-state index contributed by atoms with van der Waals surface area (Å²) < 4.78 is 0. The summed E-state index contributed by atoms with van der Waals surface area (Å²) in [4.78, 5) is 12.2. The number of nitrogens with one attached hydrogen (secondary N) is 2. The number of carbonyl (C=O) groups excluding carboxylic acids is 1. The molecular formula is C19H24N2O. The van der Waals surface area contributed by atoms with Gasteiger partial charge in [-0.15, -0.1) is 0 Å². The highest BCUT2D eigenvalue weighted by molar-refractivity contribution is 6.04. The van der Waals surface area contributed by atoms with Crippen LogP contribution in [0.5, 0.6) is 0 Å². The van der Waals surface area contributed by atoms with Crippen LogP contribution in [0.1, 0.15) is 41.3 Å². The van der Waals surface area contributed by atoms with Gasteiger partial charge in [0.05, 0.1) is 0 Å². The highest BCUT2D eigenvalue weighted by Crippen LogP contribution is 2.16. The Morgan fingerprint density at radius 2 is 1.64 bits per heavy atom. The third-order valence-electron chi connectivity index (χ3n) is 3.77. The molecule has 0 atom stereocenters. The summed E-state index contributed by atoms with van der Waals surface area (Å²) in [5, 5.41) is 6.29. The normalized spacial score (nSPS) is 10.3. The van der Waals surface area contributed by atoms with Gasteiger partial charge in [0.1, 0.15) is 0 Å². The maximum atomic E-state index is 12.2. The Morgan fingerprint density at radius 3 is 2.27 bits per heavy atom. The second-order valence-electron chi connectivity index (χ2n) is 5.61. The van der Waals surface area contributed by atoms with E-state index in [0.29, 0.717) is 5.56 Å². The molecule has 0 aliphatic heterocycles. The minimum absolute atomic E-state index is 0.0743. The van der Waals surface area contributed by atoms with Crippen LogP contribution in [0, 0.1) is 13.8 Å². The highest BCUT2D eigenvalue weighted by atomic mass is 16.1. The van der Waals surface area contributed by atoms with Crippen LogP contribution < -0.4 is 10.6 Å². The number of amides is 1. The van der Waals surface area contributed by atoms with Gasteiger partial charge in [0, 0.05) is 23.5 Å². The number of rotatable bonds is 6. The van der Waals surface area contributed by atoms with Crippen LogP contribution in [-0.4, -0.2) is 12.5 Å². The fourth-order valence-corrected chi connectivity index (χ4v) is 2.17. The van der Waals surface area contributed by atoms with Crippen LogP contribution in [0.25, 0.3) is 0 Å². The third kappa shape index (κ3) is 4.35. The Hall–Kier alpha value is -2.29. The summed E-state index contributed by atoms with van der Waals surface area (Å²) in [6.45, 7) is 7.21. The van der Waals surface area contributed by atoms with Crippen molar-refractivity contribution in [1.29, 1.82) is 0 Å². The van der Waals surface area contributed by atoms with Crippen LogP contribution in [-0.2, 0) is 0 Å². The van der Waals surface area contributed by atoms with Gasteiger partial charge in [-0.2, -0.15) is 0 Å². The smallest absolute Gasteiger partial charge is 0.255 e. The number of aryl methyl sites for hydroxylation is 2. The molecule has 0 radical (unpaired) electrons. The van der Waals surface area contributed by atoms with Crippen molar-refractivity contribution in [2.45, 2.75) is 33.6 Å². The average molecular weight is 296 g/mol. The van der Waals surface area contributed by atoms with Crippen LogP contribution in [0.4, 0.5) is 11.4 Å². The van der Waals surface area contributed by atoms with Gasteiger partial charge in [-0.05, 0) is 67.8 Å². The number of anilines is 2. The Kier molecular flexibility index (Phi) is 5.59. The maximum absolute atomic E-state index is 12.2. The number of hydrogen-bond acceptors (Lipinski definition) is 2. The summed E-state index contributed by atoms with van der Waals surface area (Å²) in [7, 11) is 0. The van der Waals surface area contributed by atoms with E-state index < -0.39 is 0 Å². The molecule has 116 valence electrons. The average Bonchev–Trinajstić information content (AvgIpc) is 2.52. The van der Waals surface area contributed by atoms with Crippen molar-refractivity contribution in [3.05, 3.63) is 59.2 Å². The summed E-state index contributed by atoms with van der Waals surface area (Å²) in [6, 6.07) is 13.6. The molecule has 0 spiro atoms. The molecule has 0 aromatic heterocycles. The van der Waals surface area contributed by atoms with Crippen LogP contribution in [0.2, 0.25) is 0 Å². The van der Waals surface area contributed by atoms with Gasteiger partial charge in [0.15, 0.2) is 0 Å². The molecule has 0 aliphatic rings. The number of hydrogen-bond donors (Lipinski definition) is 2. The van der Waals surface area contributed by atoms with Crippen molar-refractivity contribution in [2.24, 2.45) is 0 Å². The first-order valence-corrected chi connectivity index (χ1v) is 7.82. The van der Waals surface area contributed by atoms with Gasteiger partial charge in [-0.25, -0.2) is 0 Å². The zero-order chi connectivity index (χ0) is 15.9.